The Morgan fingerprint density at radius 1 is 1.14 bits per heavy atom. The van der Waals surface area contributed by atoms with Crippen molar-refractivity contribution in [3.63, 3.8) is 0 Å². The van der Waals surface area contributed by atoms with E-state index in [1.807, 2.05) is 24.3 Å². The molecule has 110 valence electrons. The maximum absolute atomic E-state index is 5.95. The first-order valence-corrected chi connectivity index (χ1v) is 7.40. The maximum Gasteiger partial charge on any atom is 0.224 e. The second kappa shape index (κ2) is 6.74. The van der Waals surface area contributed by atoms with Crippen LogP contribution in [-0.4, -0.2) is 36.1 Å². The average molecular weight is 305 g/mol. The molecule has 2 aromatic rings. The summed E-state index contributed by atoms with van der Waals surface area (Å²) in [6.07, 6.45) is 2.64. The van der Waals surface area contributed by atoms with Crippen molar-refractivity contribution in [3.8, 4) is 11.6 Å². The van der Waals surface area contributed by atoms with Crippen molar-refractivity contribution < 1.29 is 4.74 Å². The first kappa shape index (κ1) is 14.1. The lowest BCUT2D eigenvalue weighted by Gasteiger charge is -2.21. The molecule has 0 saturated carbocycles. The van der Waals surface area contributed by atoms with E-state index in [-0.39, 0.29) is 0 Å². The Balaban J connectivity index is 1.76. The summed E-state index contributed by atoms with van der Waals surface area (Å²) in [6, 6.07) is 9.14. The van der Waals surface area contributed by atoms with Crippen molar-refractivity contribution in [2.24, 2.45) is 0 Å². The highest BCUT2D eigenvalue weighted by Crippen LogP contribution is 2.24. The Bertz CT molecular complexity index is 600. The van der Waals surface area contributed by atoms with E-state index in [0.717, 1.165) is 38.4 Å². The maximum atomic E-state index is 5.95. The number of nitrogens with one attached hydrogen (secondary N) is 1. The standard InChI is InChI=1S/C15H17ClN4O/c16-12-3-1-4-13(9-12)21-15-10-14(18-11-19-15)20-7-2-5-17-6-8-20/h1,3-4,9-11,17H,2,5-8H2. The minimum absolute atomic E-state index is 0.527. The van der Waals surface area contributed by atoms with E-state index in [4.69, 9.17) is 16.3 Å². The third-order valence-electron chi connectivity index (χ3n) is 3.31. The van der Waals surface area contributed by atoms with Crippen molar-refractivity contribution in [1.82, 2.24) is 15.3 Å². The molecular weight excluding hydrogens is 288 g/mol. The molecule has 1 aromatic heterocycles. The molecule has 3 rings (SSSR count). The van der Waals surface area contributed by atoms with Crippen LogP contribution in [0, 0.1) is 0 Å². The Hall–Kier alpha value is -1.85. The van der Waals surface area contributed by atoms with E-state index in [1.165, 1.54) is 6.33 Å². The predicted molar refractivity (Wildman–Crippen MR) is 83.3 cm³/mol. The number of hydrogen-bond acceptors (Lipinski definition) is 5. The number of halogens is 1. The molecule has 1 N–H and O–H groups in total. The van der Waals surface area contributed by atoms with Crippen molar-refractivity contribution in [2.75, 3.05) is 31.1 Å². The second-order valence-corrected chi connectivity index (χ2v) is 5.30. The minimum atomic E-state index is 0.527. The van der Waals surface area contributed by atoms with Gasteiger partial charge in [0.05, 0.1) is 0 Å². The van der Waals surface area contributed by atoms with E-state index < -0.39 is 0 Å². The van der Waals surface area contributed by atoms with Gasteiger partial charge >= 0.3 is 0 Å². The molecule has 0 aliphatic carbocycles. The van der Waals surface area contributed by atoms with E-state index in [1.54, 1.807) is 6.07 Å². The fraction of sp³-hybridized carbons (Fsp3) is 0.333. The van der Waals surface area contributed by atoms with Gasteiger partial charge in [-0.1, -0.05) is 17.7 Å². The van der Waals surface area contributed by atoms with E-state index in [2.05, 4.69) is 20.2 Å². The lowest BCUT2D eigenvalue weighted by molar-refractivity contribution is 0.461. The number of rotatable bonds is 3. The van der Waals surface area contributed by atoms with Gasteiger partial charge < -0.3 is 15.0 Å². The molecule has 2 heterocycles. The molecule has 0 bridgehead atoms. The van der Waals surface area contributed by atoms with Crippen molar-refractivity contribution in [2.45, 2.75) is 6.42 Å². The summed E-state index contributed by atoms with van der Waals surface area (Å²) in [5, 5.41) is 4.02. The molecule has 21 heavy (non-hydrogen) atoms. The minimum Gasteiger partial charge on any atom is -0.439 e. The van der Waals surface area contributed by atoms with Gasteiger partial charge in [-0.3, -0.25) is 0 Å². The van der Waals surface area contributed by atoms with Crippen LogP contribution in [0.25, 0.3) is 0 Å². The monoisotopic (exact) mass is 304 g/mol. The Morgan fingerprint density at radius 3 is 3.00 bits per heavy atom. The molecule has 0 amide bonds. The van der Waals surface area contributed by atoms with E-state index in [9.17, 15) is 0 Å². The predicted octanol–water partition coefficient (Wildman–Crippen LogP) is 2.72. The number of ether oxygens (including phenoxy) is 1. The smallest absolute Gasteiger partial charge is 0.224 e. The highest BCUT2D eigenvalue weighted by atomic mass is 35.5. The molecule has 1 aliphatic heterocycles. The molecule has 0 unspecified atom stereocenters. The molecule has 6 heteroatoms. The lowest BCUT2D eigenvalue weighted by Crippen LogP contribution is -2.28. The van der Waals surface area contributed by atoms with Crippen LogP contribution in [-0.2, 0) is 0 Å². The van der Waals surface area contributed by atoms with Gasteiger partial charge in [-0.25, -0.2) is 9.97 Å². The SMILES string of the molecule is Clc1cccc(Oc2cc(N3CCCNCC3)ncn2)c1. The number of anilines is 1. The third kappa shape index (κ3) is 3.83. The average Bonchev–Trinajstić information content (AvgIpc) is 2.77. The summed E-state index contributed by atoms with van der Waals surface area (Å²) in [4.78, 5) is 10.8. The van der Waals surface area contributed by atoms with Crippen LogP contribution < -0.4 is 15.0 Å². The summed E-state index contributed by atoms with van der Waals surface area (Å²) in [6.45, 7) is 3.94. The fourth-order valence-electron chi connectivity index (χ4n) is 2.28. The van der Waals surface area contributed by atoms with Crippen LogP contribution in [0.15, 0.2) is 36.7 Å². The van der Waals surface area contributed by atoms with Crippen LogP contribution in [0.1, 0.15) is 6.42 Å². The zero-order valence-electron chi connectivity index (χ0n) is 11.6. The molecule has 0 radical (unpaired) electrons. The van der Waals surface area contributed by atoms with Gasteiger partial charge in [-0.15, -0.1) is 0 Å². The quantitative estimate of drug-likeness (QED) is 0.945. The second-order valence-electron chi connectivity index (χ2n) is 4.86. The van der Waals surface area contributed by atoms with Crippen LogP contribution in [0.3, 0.4) is 0 Å². The summed E-state index contributed by atoms with van der Waals surface area (Å²) in [5.74, 6) is 2.09. The van der Waals surface area contributed by atoms with E-state index in [0.29, 0.717) is 16.7 Å². The Morgan fingerprint density at radius 2 is 2.10 bits per heavy atom. The first-order chi connectivity index (χ1) is 10.3. The summed E-state index contributed by atoms with van der Waals surface area (Å²) in [5.41, 5.74) is 0. The van der Waals surface area contributed by atoms with Gasteiger partial charge in [0.15, 0.2) is 0 Å². The highest BCUT2D eigenvalue weighted by molar-refractivity contribution is 6.30. The topological polar surface area (TPSA) is 50.3 Å². The molecule has 1 saturated heterocycles. The number of benzene rings is 1. The van der Waals surface area contributed by atoms with E-state index >= 15 is 0 Å². The lowest BCUT2D eigenvalue weighted by atomic mass is 10.3. The van der Waals surface area contributed by atoms with Crippen LogP contribution in [0.2, 0.25) is 5.02 Å². The van der Waals surface area contributed by atoms with Crippen LogP contribution >= 0.6 is 11.6 Å². The van der Waals surface area contributed by atoms with Crippen molar-refractivity contribution in [3.05, 3.63) is 41.7 Å². The molecule has 0 spiro atoms. The fourth-order valence-corrected chi connectivity index (χ4v) is 2.46. The Labute approximate surface area is 128 Å². The summed E-state index contributed by atoms with van der Waals surface area (Å²) >= 11 is 5.95. The van der Waals surface area contributed by atoms with Gasteiger partial charge in [-0.05, 0) is 31.2 Å². The molecule has 1 aromatic carbocycles. The van der Waals surface area contributed by atoms with Gasteiger partial charge in [0.2, 0.25) is 5.88 Å². The number of hydrogen-bond donors (Lipinski definition) is 1. The van der Waals surface area contributed by atoms with Gasteiger partial charge in [0.25, 0.3) is 0 Å². The largest absolute Gasteiger partial charge is 0.439 e. The zero-order chi connectivity index (χ0) is 14.5. The van der Waals surface area contributed by atoms with Crippen molar-refractivity contribution in [1.29, 1.82) is 0 Å². The van der Waals surface area contributed by atoms with Gasteiger partial charge in [0, 0.05) is 30.7 Å². The molecule has 0 atom stereocenters. The summed E-state index contributed by atoms with van der Waals surface area (Å²) < 4.78 is 5.74. The molecule has 1 aliphatic rings. The molecule has 5 nitrogen and oxygen atoms in total. The third-order valence-corrected chi connectivity index (χ3v) is 3.55. The van der Waals surface area contributed by atoms with Crippen LogP contribution in [0.4, 0.5) is 5.82 Å². The summed E-state index contributed by atoms with van der Waals surface area (Å²) in [7, 11) is 0. The highest BCUT2D eigenvalue weighted by Gasteiger charge is 2.12. The zero-order valence-corrected chi connectivity index (χ0v) is 12.4. The number of nitrogens with zero attached hydrogens (tertiary/aromatic N) is 3. The van der Waals surface area contributed by atoms with Gasteiger partial charge in [0.1, 0.15) is 17.9 Å². The van der Waals surface area contributed by atoms with Gasteiger partial charge in [-0.2, -0.15) is 0 Å². The first-order valence-electron chi connectivity index (χ1n) is 7.02. The number of aromatic nitrogens is 2. The molecular formula is C15H17ClN4O. The van der Waals surface area contributed by atoms with Crippen LogP contribution in [0.5, 0.6) is 11.6 Å². The normalized spacial score (nSPS) is 15.6. The molecule has 1 fully saturated rings. The Kier molecular flexibility index (Phi) is 4.52. The van der Waals surface area contributed by atoms with Crippen molar-refractivity contribution >= 4 is 17.4 Å².